The minimum Gasteiger partial charge on any atom is -0.310 e. The van der Waals surface area contributed by atoms with Gasteiger partial charge in [0.25, 0.3) is 0 Å². The Bertz CT molecular complexity index is 2740. The average Bonchev–Trinajstić information content (AvgIpc) is 3.76. The van der Waals surface area contributed by atoms with Gasteiger partial charge < -0.3 is 4.90 Å². The molecule has 3 aliphatic rings. The lowest BCUT2D eigenvalue weighted by Gasteiger charge is -2.55. The first-order valence-corrected chi connectivity index (χ1v) is 21.6. The Morgan fingerprint density at radius 1 is 0.536 bits per heavy atom. The van der Waals surface area contributed by atoms with Gasteiger partial charge in [0.1, 0.15) is 0 Å². The Morgan fingerprint density at radius 3 is 2.07 bits per heavy atom. The molecule has 1 unspecified atom stereocenters. The van der Waals surface area contributed by atoms with Crippen LogP contribution in [0.4, 0.5) is 17.1 Å². The van der Waals surface area contributed by atoms with Crippen LogP contribution in [0.25, 0.3) is 53.6 Å². The Hall–Kier alpha value is -5.44. The largest absolute Gasteiger partial charge is 0.310 e. The summed E-state index contributed by atoms with van der Waals surface area (Å²) >= 11 is 1.88. The van der Waals surface area contributed by atoms with Gasteiger partial charge in [0.05, 0.1) is 5.69 Å². The van der Waals surface area contributed by atoms with Crippen LogP contribution in [0, 0.1) is 23.7 Å². The molecule has 1 nitrogen and oxygen atoms in total. The standard InChI is InChI=1S/C54H47NS/c1-3-40-31-36-29-35(2)30-41(32-36)54(40)49-18-10-7-16-45(49)48-33-39(23-28-50(48)54)44-15-8-11-19-51(44)55(42-24-21-38(22-25-42)37-13-5-4-6-14-37)43-26-27-47-46-17-9-12-20-52(46)56-53(47)34-43/h4-28,33-36,40-41H,3,29-32H2,1-2H3/t35-,36?,40+,41-,54-/m1/s1. The van der Waals surface area contributed by atoms with Crippen LogP contribution in [0.3, 0.4) is 0 Å². The molecule has 0 aliphatic heterocycles. The third kappa shape index (κ3) is 5.18. The lowest BCUT2D eigenvalue weighted by atomic mass is 9.48. The molecule has 1 spiro atoms. The summed E-state index contributed by atoms with van der Waals surface area (Å²) in [6.07, 6.45) is 6.73. The van der Waals surface area contributed by atoms with E-state index >= 15 is 0 Å². The van der Waals surface area contributed by atoms with Gasteiger partial charge in [-0.15, -0.1) is 11.3 Å². The van der Waals surface area contributed by atoms with Crippen molar-refractivity contribution in [2.45, 2.75) is 51.4 Å². The van der Waals surface area contributed by atoms with Crippen LogP contribution in [-0.2, 0) is 5.41 Å². The van der Waals surface area contributed by atoms with Crippen molar-refractivity contribution in [1.82, 2.24) is 0 Å². The number of hydrogen-bond acceptors (Lipinski definition) is 2. The molecule has 2 saturated carbocycles. The number of para-hydroxylation sites is 1. The van der Waals surface area contributed by atoms with Crippen molar-refractivity contribution < 1.29 is 0 Å². The molecule has 0 amide bonds. The number of thiophene rings is 1. The van der Waals surface area contributed by atoms with Crippen molar-refractivity contribution in [2.75, 3.05) is 4.90 Å². The molecule has 0 saturated heterocycles. The smallest absolute Gasteiger partial charge is 0.0540 e. The van der Waals surface area contributed by atoms with Crippen LogP contribution in [0.2, 0.25) is 0 Å². The maximum absolute atomic E-state index is 2.56. The first-order chi connectivity index (χ1) is 27.6. The number of fused-ring (bicyclic) bond motifs is 11. The second kappa shape index (κ2) is 13.4. The number of nitrogens with zero attached hydrogens (tertiary/aromatic N) is 1. The summed E-state index contributed by atoms with van der Waals surface area (Å²) in [5.41, 5.74) is 14.7. The third-order valence-electron chi connectivity index (χ3n) is 13.9. The fraction of sp³-hybridized carbons (Fsp3) is 0.222. The van der Waals surface area contributed by atoms with Crippen molar-refractivity contribution in [3.8, 4) is 33.4 Å². The summed E-state index contributed by atoms with van der Waals surface area (Å²) < 4.78 is 2.64. The number of anilines is 3. The molecule has 5 atom stereocenters. The second-order valence-corrected chi connectivity index (χ2v) is 18.0. The molecule has 2 bridgehead atoms. The maximum atomic E-state index is 2.56. The summed E-state index contributed by atoms with van der Waals surface area (Å²) in [4.78, 5) is 2.48. The van der Waals surface area contributed by atoms with E-state index in [0.29, 0.717) is 11.8 Å². The van der Waals surface area contributed by atoms with E-state index in [9.17, 15) is 0 Å². The molecular formula is C54H47NS. The monoisotopic (exact) mass is 741 g/mol. The Labute approximate surface area is 335 Å². The molecular weight excluding hydrogens is 695 g/mol. The van der Waals surface area contributed by atoms with Gasteiger partial charge in [-0.1, -0.05) is 142 Å². The minimum absolute atomic E-state index is 0.107. The molecule has 7 aromatic carbocycles. The molecule has 56 heavy (non-hydrogen) atoms. The zero-order valence-electron chi connectivity index (χ0n) is 32.3. The Morgan fingerprint density at radius 2 is 1.21 bits per heavy atom. The van der Waals surface area contributed by atoms with Crippen molar-refractivity contribution in [2.24, 2.45) is 23.7 Å². The topological polar surface area (TPSA) is 3.24 Å². The predicted molar refractivity (Wildman–Crippen MR) is 239 cm³/mol. The minimum atomic E-state index is 0.107. The van der Waals surface area contributed by atoms with Crippen molar-refractivity contribution in [1.29, 1.82) is 0 Å². The van der Waals surface area contributed by atoms with Gasteiger partial charge in [0, 0.05) is 42.5 Å². The lowest BCUT2D eigenvalue weighted by molar-refractivity contribution is 0.0330. The van der Waals surface area contributed by atoms with Gasteiger partial charge in [0.2, 0.25) is 0 Å². The van der Waals surface area contributed by atoms with Gasteiger partial charge in [-0.2, -0.15) is 0 Å². The molecule has 0 N–H and O–H groups in total. The van der Waals surface area contributed by atoms with Gasteiger partial charge in [-0.05, 0) is 131 Å². The Balaban J connectivity index is 1.08. The predicted octanol–water partition coefficient (Wildman–Crippen LogP) is 15.6. The zero-order valence-corrected chi connectivity index (χ0v) is 33.1. The van der Waals surface area contributed by atoms with Gasteiger partial charge in [-0.3, -0.25) is 0 Å². The highest BCUT2D eigenvalue weighted by molar-refractivity contribution is 7.25. The molecule has 1 aromatic heterocycles. The van der Waals surface area contributed by atoms with E-state index in [-0.39, 0.29) is 5.41 Å². The molecule has 0 radical (unpaired) electrons. The highest BCUT2D eigenvalue weighted by Gasteiger charge is 2.57. The Kier molecular flexibility index (Phi) is 8.07. The van der Waals surface area contributed by atoms with Gasteiger partial charge in [-0.25, -0.2) is 0 Å². The normalized spacial score (nSPS) is 22.3. The van der Waals surface area contributed by atoms with Crippen molar-refractivity contribution in [3.63, 3.8) is 0 Å². The van der Waals surface area contributed by atoms with E-state index in [1.165, 1.54) is 97.0 Å². The molecule has 274 valence electrons. The van der Waals surface area contributed by atoms with Crippen molar-refractivity contribution >= 4 is 48.6 Å². The first-order valence-electron chi connectivity index (χ1n) is 20.8. The quantitative estimate of drug-likeness (QED) is 0.164. The van der Waals surface area contributed by atoms with E-state index in [2.05, 4.69) is 183 Å². The molecule has 8 aromatic rings. The van der Waals surface area contributed by atoms with E-state index in [0.717, 1.165) is 17.5 Å². The number of rotatable bonds is 6. The number of benzene rings is 7. The highest BCUT2D eigenvalue weighted by Crippen LogP contribution is 2.65. The second-order valence-electron chi connectivity index (χ2n) is 16.9. The first kappa shape index (κ1) is 33.9. The van der Waals surface area contributed by atoms with Gasteiger partial charge >= 0.3 is 0 Å². The summed E-state index contributed by atoms with van der Waals surface area (Å²) in [5.74, 6) is 3.06. The van der Waals surface area contributed by atoms with E-state index in [1.807, 2.05) is 11.3 Å². The molecule has 2 fully saturated rings. The fourth-order valence-corrected chi connectivity index (χ4v) is 12.9. The van der Waals surface area contributed by atoms with Crippen LogP contribution in [0.15, 0.2) is 164 Å². The van der Waals surface area contributed by atoms with E-state index in [4.69, 9.17) is 0 Å². The van der Waals surface area contributed by atoms with Crippen LogP contribution in [-0.4, -0.2) is 0 Å². The number of hydrogen-bond donors (Lipinski definition) is 0. The van der Waals surface area contributed by atoms with Crippen LogP contribution in [0.1, 0.15) is 57.1 Å². The maximum Gasteiger partial charge on any atom is 0.0540 e. The molecule has 11 rings (SSSR count). The summed E-state index contributed by atoms with van der Waals surface area (Å²) in [7, 11) is 0. The molecule has 2 heteroatoms. The van der Waals surface area contributed by atoms with Gasteiger partial charge in [0.15, 0.2) is 0 Å². The summed E-state index contributed by atoms with van der Waals surface area (Å²) in [6, 6.07) is 61.8. The molecule has 3 aliphatic carbocycles. The lowest BCUT2D eigenvalue weighted by Crippen LogP contribution is -2.50. The van der Waals surface area contributed by atoms with E-state index < -0.39 is 0 Å². The summed E-state index contributed by atoms with van der Waals surface area (Å²) in [6.45, 7) is 4.97. The van der Waals surface area contributed by atoms with Crippen molar-refractivity contribution in [3.05, 3.63) is 175 Å². The zero-order chi connectivity index (χ0) is 37.4. The molecule has 1 heterocycles. The highest BCUT2D eigenvalue weighted by atomic mass is 32.1. The average molecular weight is 742 g/mol. The van der Waals surface area contributed by atoms with Crippen LogP contribution < -0.4 is 4.90 Å². The SMILES string of the molecule is CC[C@H]1CC2C[C@@H](C)C[C@H](C2)[C@@]12c1ccccc1-c1cc(-c3ccccc3N(c3ccc(-c4ccccc4)cc3)c3ccc4c(c3)sc3ccccc34)ccc12. The third-order valence-corrected chi connectivity index (χ3v) is 15.0. The van der Waals surface area contributed by atoms with Crippen LogP contribution in [0.5, 0.6) is 0 Å². The summed E-state index contributed by atoms with van der Waals surface area (Å²) in [5, 5.41) is 2.65. The van der Waals surface area contributed by atoms with E-state index in [1.54, 1.807) is 11.1 Å². The van der Waals surface area contributed by atoms with Crippen LogP contribution >= 0.6 is 11.3 Å². The fourth-order valence-electron chi connectivity index (χ4n) is 11.7.